The number of nitrogens with zero attached hydrogens (tertiary/aromatic N) is 10. The van der Waals surface area contributed by atoms with Gasteiger partial charge in [-0.3, -0.25) is 9.58 Å². The maximum atomic E-state index is 13.6. The van der Waals surface area contributed by atoms with Crippen LogP contribution in [0.15, 0.2) is 55.4 Å². The molecule has 1 unspecified atom stereocenters. The molecule has 2 aliphatic heterocycles. The third-order valence-corrected chi connectivity index (χ3v) is 7.94. The lowest BCUT2D eigenvalue weighted by Gasteiger charge is -2.38. The minimum absolute atomic E-state index is 0.116. The van der Waals surface area contributed by atoms with Crippen LogP contribution >= 0.6 is 0 Å². The molecule has 1 aromatic carbocycles. The van der Waals surface area contributed by atoms with Crippen LogP contribution in [0.3, 0.4) is 0 Å². The zero-order valence-electron chi connectivity index (χ0n) is 22.6. The Labute approximate surface area is 226 Å². The number of halogens is 1. The molecule has 6 rings (SSSR count). The van der Waals surface area contributed by atoms with E-state index in [0.29, 0.717) is 5.95 Å². The standard InChI is InChI=1S/C28H32FN10/c1-28(35(2)3,22-5-7-24(29)8-6-22)23-15-30-27(31-16-23)38-11-9-37(10-12-38)26-25-13-20(18-39(25)34-19-32-26)21-14-33-36(4)17-21/h5-8,13-20H,9-12H2,1-4H3/q+1/t20?,28-/m0/s1. The summed E-state index contributed by atoms with van der Waals surface area (Å²) in [5.74, 6) is 1.51. The molecule has 0 aliphatic carbocycles. The van der Waals surface area contributed by atoms with Gasteiger partial charge in [-0.05, 0) is 38.7 Å². The third-order valence-electron chi connectivity index (χ3n) is 7.94. The first-order valence-electron chi connectivity index (χ1n) is 13.0. The zero-order chi connectivity index (χ0) is 27.1. The van der Waals surface area contributed by atoms with Gasteiger partial charge in [-0.15, -0.1) is 0 Å². The molecule has 2 aliphatic rings. The Kier molecular flexibility index (Phi) is 6.30. The number of fused-ring (bicyclic) bond motifs is 1. The lowest BCUT2D eigenvalue weighted by molar-refractivity contribution is -0.589. The topological polar surface area (TPSA) is 85.0 Å². The van der Waals surface area contributed by atoms with Crippen molar-refractivity contribution in [2.75, 3.05) is 50.1 Å². The summed E-state index contributed by atoms with van der Waals surface area (Å²) in [6, 6.07) is 6.62. The van der Waals surface area contributed by atoms with Gasteiger partial charge < -0.3 is 9.80 Å². The van der Waals surface area contributed by atoms with Crippen LogP contribution in [-0.4, -0.2) is 75.0 Å². The number of anilines is 2. The zero-order valence-corrected chi connectivity index (χ0v) is 22.6. The highest BCUT2D eigenvalue weighted by Crippen LogP contribution is 2.33. The van der Waals surface area contributed by atoms with Crippen molar-refractivity contribution < 1.29 is 8.75 Å². The Morgan fingerprint density at radius 2 is 1.64 bits per heavy atom. The molecule has 0 saturated carbocycles. The van der Waals surface area contributed by atoms with Crippen LogP contribution in [0.1, 0.15) is 29.5 Å². The van der Waals surface area contributed by atoms with Crippen molar-refractivity contribution in [3.8, 4) is 0 Å². The molecule has 0 radical (unpaired) electrons. The number of aryl methyl sites for hydroxylation is 1. The molecule has 39 heavy (non-hydrogen) atoms. The minimum Gasteiger partial charge on any atom is -0.347 e. The summed E-state index contributed by atoms with van der Waals surface area (Å²) >= 11 is 0. The van der Waals surface area contributed by atoms with Crippen LogP contribution < -0.4 is 19.5 Å². The number of rotatable bonds is 6. The van der Waals surface area contributed by atoms with Crippen LogP contribution in [0, 0.1) is 12.0 Å². The number of benzene rings is 1. The summed E-state index contributed by atoms with van der Waals surface area (Å²) in [7, 11) is 5.94. The summed E-state index contributed by atoms with van der Waals surface area (Å²) in [6.07, 6.45) is 13.6. The van der Waals surface area contributed by atoms with Crippen LogP contribution in [-0.2, 0) is 12.6 Å². The molecule has 0 spiro atoms. The van der Waals surface area contributed by atoms with Gasteiger partial charge in [-0.1, -0.05) is 16.5 Å². The van der Waals surface area contributed by atoms with Gasteiger partial charge in [0, 0.05) is 74.1 Å². The second-order valence-corrected chi connectivity index (χ2v) is 10.4. The molecular formula is C28H32FN10+. The minimum atomic E-state index is -0.489. The van der Waals surface area contributed by atoms with Crippen molar-refractivity contribution in [2.45, 2.75) is 18.4 Å². The van der Waals surface area contributed by atoms with Crippen LogP contribution in [0.25, 0.3) is 6.08 Å². The van der Waals surface area contributed by atoms with Gasteiger partial charge in [-0.25, -0.2) is 19.3 Å². The second-order valence-electron chi connectivity index (χ2n) is 10.4. The van der Waals surface area contributed by atoms with Crippen LogP contribution in [0.2, 0.25) is 0 Å². The van der Waals surface area contributed by atoms with Gasteiger partial charge in [0.25, 0.3) is 5.35 Å². The molecule has 11 heteroatoms. The van der Waals surface area contributed by atoms with Gasteiger partial charge in [0.05, 0.1) is 17.7 Å². The monoisotopic (exact) mass is 527 g/mol. The smallest absolute Gasteiger partial charge is 0.277 e. The van der Waals surface area contributed by atoms with Crippen molar-refractivity contribution >= 4 is 17.8 Å². The number of aromatic nitrogens is 7. The molecule has 10 nitrogen and oxygen atoms in total. The van der Waals surface area contributed by atoms with Crippen molar-refractivity contribution in [3.63, 3.8) is 0 Å². The van der Waals surface area contributed by atoms with Gasteiger partial charge in [0.2, 0.25) is 11.8 Å². The fourth-order valence-electron chi connectivity index (χ4n) is 5.35. The van der Waals surface area contributed by atoms with Gasteiger partial charge in [-0.2, -0.15) is 5.10 Å². The average molecular weight is 528 g/mol. The summed E-state index contributed by atoms with van der Waals surface area (Å²) in [4.78, 5) is 20.7. The van der Waals surface area contributed by atoms with E-state index < -0.39 is 5.54 Å². The van der Waals surface area contributed by atoms with Gasteiger partial charge in [0.15, 0.2) is 12.5 Å². The fraction of sp³-hybridized carbons (Fsp3) is 0.357. The number of hydrogen-bond acceptors (Lipinski definition) is 8. The third kappa shape index (κ3) is 4.52. The van der Waals surface area contributed by atoms with Gasteiger partial charge in [0.1, 0.15) is 5.82 Å². The largest absolute Gasteiger partial charge is 0.347 e. The highest BCUT2D eigenvalue weighted by atomic mass is 19.1. The Morgan fingerprint density at radius 3 is 2.28 bits per heavy atom. The van der Waals surface area contributed by atoms with E-state index in [-0.39, 0.29) is 11.7 Å². The van der Waals surface area contributed by atoms with E-state index in [1.54, 1.807) is 6.33 Å². The molecule has 1 saturated heterocycles. The van der Waals surface area contributed by atoms with E-state index in [1.165, 1.54) is 12.1 Å². The predicted molar refractivity (Wildman–Crippen MR) is 145 cm³/mol. The quantitative estimate of drug-likeness (QED) is 0.346. The van der Waals surface area contributed by atoms with Crippen molar-refractivity contribution in [1.82, 2.24) is 34.7 Å². The van der Waals surface area contributed by atoms with E-state index in [4.69, 9.17) is 9.97 Å². The molecule has 1 fully saturated rings. The SMILES string of the molecule is CN(C)[C@@](C)(c1ccc(F)cc1)c1cnc(N2CCN(c3ncn[n+]4c3=CC(c3cnn(C)c3)C=4)CC2)nc1. The molecule has 2 atom stereocenters. The fourth-order valence-corrected chi connectivity index (χ4v) is 5.35. The first kappa shape index (κ1) is 25.1. The van der Waals surface area contributed by atoms with Crippen molar-refractivity contribution in [1.29, 1.82) is 0 Å². The summed E-state index contributed by atoms with van der Waals surface area (Å²) in [6.45, 7) is 5.25. The Hall–Kier alpha value is -4.25. The van der Waals surface area contributed by atoms with Gasteiger partial charge >= 0.3 is 0 Å². The van der Waals surface area contributed by atoms with Crippen LogP contribution in [0.5, 0.6) is 0 Å². The maximum absolute atomic E-state index is 13.6. The molecule has 5 heterocycles. The Morgan fingerprint density at radius 1 is 0.949 bits per heavy atom. The summed E-state index contributed by atoms with van der Waals surface area (Å²) in [5, 5.41) is 9.75. The van der Waals surface area contributed by atoms with Crippen LogP contribution in [0.4, 0.5) is 16.2 Å². The summed E-state index contributed by atoms with van der Waals surface area (Å²) < 4.78 is 17.3. The second kappa shape index (κ2) is 9.81. The van der Waals surface area contributed by atoms with E-state index in [0.717, 1.165) is 54.0 Å². The van der Waals surface area contributed by atoms with E-state index in [1.807, 2.05) is 67.1 Å². The highest BCUT2D eigenvalue weighted by molar-refractivity contribution is 5.48. The lowest BCUT2D eigenvalue weighted by Crippen LogP contribution is -2.51. The van der Waals surface area contributed by atoms with E-state index in [2.05, 4.69) is 49.1 Å². The Bertz CT molecular complexity index is 1590. The van der Waals surface area contributed by atoms with E-state index in [9.17, 15) is 4.39 Å². The molecular weight excluding hydrogens is 495 g/mol. The molecule has 0 bridgehead atoms. The number of hydrogen-bond donors (Lipinski definition) is 0. The van der Waals surface area contributed by atoms with Crippen molar-refractivity contribution in [2.24, 2.45) is 7.05 Å². The Balaban J connectivity index is 1.18. The lowest BCUT2D eigenvalue weighted by atomic mass is 9.85. The van der Waals surface area contributed by atoms with Crippen molar-refractivity contribution in [3.05, 3.63) is 89.5 Å². The molecule has 200 valence electrons. The highest BCUT2D eigenvalue weighted by Gasteiger charge is 2.33. The average Bonchev–Trinajstić information content (AvgIpc) is 3.59. The maximum Gasteiger partial charge on any atom is 0.277 e. The molecule has 4 aromatic rings. The van der Waals surface area contributed by atoms with E-state index >= 15 is 0 Å². The first-order valence-corrected chi connectivity index (χ1v) is 13.0. The number of piperazine rings is 1. The molecule has 3 aromatic heterocycles. The first-order chi connectivity index (χ1) is 18.8. The predicted octanol–water partition coefficient (Wildman–Crippen LogP) is 1.17. The normalized spacial score (nSPS) is 18.5. The molecule has 0 amide bonds. The molecule has 0 N–H and O–H groups in total. The summed E-state index contributed by atoms with van der Waals surface area (Å²) in [5.41, 5.74) is 2.57.